The lowest BCUT2D eigenvalue weighted by Crippen LogP contribution is -2.21. The van der Waals surface area contributed by atoms with E-state index in [2.05, 4.69) is 5.32 Å². The molecular formula is C19H17FN2O3S. The van der Waals surface area contributed by atoms with E-state index in [1.165, 1.54) is 24.3 Å². The molecule has 0 radical (unpaired) electrons. The Morgan fingerprint density at radius 3 is 2.46 bits per heavy atom. The van der Waals surface area contributed by atoms with E-state index in [9.17, 15) is 14.0 Å². The molecule has 134 valence electrons. The molecular weight excluding hydrogens is 355 g/mol. The maximum atomic E-state index is 12.8. The third kappa shape index (κ3) is 6.22. The quantitative estimate of drug-likeness (QED) is 0.753. The second kappa shape index (κ2) is 9.59. The summed E-state index contributed by atoms with van der Waals surface area (Å²) in [6, 6.07) is 14.2. The lowest BCUT2D eigenvalue weighted by atomic mass is 10.2. The van der Waals surface area contributed by atoms with E-state index in [1.807, 2.05) is 6.07 Å². The van der Waals surface area contributed by atoms with Gasteiger partial charge in [-0.1, -0.05) is 12.1 Å². The Kier molecular flexibility index (Phi) is 7.18. The molecule has 0 aromatic heterocycles. The minimum absolute atomic E-state index is 0.0739. The van der Waals surface area contributed by atoms with Crippen LogP contribution in [0.25, 0.3) is 0 Å². The molecule has 0 spiro atoms. The summed E-state index contributed by atoms with van der Waals surface area (Å²) in [5, 5.41) is 10.9. The molecule has 7 heteroatoms. The molecule has 0 unspecified atom stereocenters. The van der Waals surface area contributed by atoms with Crippen molar-refractivity contribution in [3.8, 4) is 6.07 Å². The van der Waals surface area contributed by atoms with Crippen molar-refractivity contribution in [2.45, 2.75) is 18.8 Å². The average molecular weight is 372 g/mol. The summed E-state index contributed by atoms with van der Waals surface area (Å²) in [5.41, 5.74) is 1.81. The average Bonchev–Trinajstić information content (AvgIpc) is 2.66. The van der Waals surface area contributed by atoms with E-state index in [1.54, 1.807) is 31.2 Å². The number of ether oxygens (including phenoxy) is 1. The number of carbonyl (C=O) groups excluding carboxylic acids is 2. The molecule has 2 aromatic carbocycles. The Balaban J connectivity index is 1.73. The largest absolute Gasteiger partial charge is 0.460 e. The van der Waals surface area contributed by atoms with Crippen molar-refractivity contribution in [3.63, 3.8) is 0 Å². The lowest BCUT2D eigenvalue weighted by Gasteiger charge is -2.11. The van der Waals surface area contributed by atoms with Crippen LogP contribution in [-0.4, -0.2) is 22.9 Å². The normalized spacial score (nSPS) is 11.3. The van der Waals surface area contributed by atoms with Gasteiger partial charge in [0.15, 0.2) is 0 Å². The predicted octanol–water partition coefficient (Wildman–Crippen LogP) is 3.50. The molecule has 1 atom stereocenters. The summed E-state index contributed by atoms with van der Waals surface area (Å²) in [6.45, 7) is 1.77. The fourth-order valence-electron chi connectivity index (χ4n) is 1.95. The molecule has 0 aliphatic carbocycles. The first kappa shape index (κ1) is 19.5. The van der Waals surface area contributed by atoms with Crippen molar-refractivity contribution in [2.75, 3.05) is 11.1 Å². The number of carbonyl (C=O) groups is 2. The third-order valence-electron chi connectivity index (χ3n) is 3.39. The minimum Gasteiger partial charge on any atom is -0.460 e. The molecule has 0 aliphatic rings. The van der Waals surface area contributed by atoms with Crippen molar-refractivity contribution in [1.29, 1.82) is 5.26 Å². The first-order chi connectivity index (χ1) is 12.5. The fraction of sp³-hybridized carbons (Fsp3) is 0.211. The molecule has 0 heterocycles. The molecule has 0 saturated carbocycles. The molecule has 1 N–H and O–H groups in total. The highest BCUT2D eigenvalue weighted by Crippen LogP contribution is 2.15. The SMILES string of the molecule is C[C@H](SCC(=O)Nc1ccc(F)cc1)C(=O)OCc1ccc(C#N)cc1. The maximum Gasteiger partial charge on any atom is 0.319 e. The van der Waals surface area contributed by atoms with Gasteiger partial charge in [0.2, 0.25) is 5.91 Å². The van der Waals surface area contributed by atoms with E-state index in [4.69, 9.17) is 10.00 Å². The maximum absolute atomic E-state index is 12.8. The van der Waals surface area contributed by atoms with Crippen LogP contribution in [-0.2, 0) is 20.9 Å². The van der Waals surface area contributed by atoms with Gasteiger partial charge in [0, 0.05) is 5.69 Å². The molecule has 2 aromatic rings. The number of nitrogens with one attached hydrogen (secondary N) is 1. The molecule has 2 rings (SSSR count). The van der Waals surface area contributed by atoms with Gasteiger partial charge in [0.25, 0.3) is 0 Å². The van der Waals surface area contributed by atoms with Crippen molar-refractivity contribution >= 4 is 29.3 Å². The molecule has 0 bridgehead atoms. The second-order valence-electron chi connectivity index (χ2n) is 5.42. The van der Waals surface area contributed by atoms with Crippen molar-refractivity contribution < 1.29 is 18.7 Å². The summed E-state index contributed by atoms with van der Waals surface area (Å²) < 4.78 is 18.0. The van der Waals surface area contributed by atoms with Gasteiger partial charge in [-0.25, -0.2) is 4.39 Å². The van der Waals surface area contributed by atoms with Crippen LogP contribution in [0.15, 0.2) is 48.5 Å². The number of benzene rings is 2. The Hall–Kier alpha value is -2.85. The molecule has 0 fully saturated rings. The number of hydrogen-bond donors (Lipinski definition) is 1. The number of hydrogen-bond acceptors (Lipinski definition) is 5. The molecule has 1 amide bonds. The van der Waals surface area contributed by atoms with Crippen molar-refractivity contribution in [3.05, 3.63) is 65.5 Å². The van der Waals surface area contributed by atoms with Gasteiger partial charge >= 0.3 is 5.97 Å². The number of amides is 1. The number of rotatable bonds is 7. The Morgan fingerprint density at radius 1 is 1.19 bits per heavy atom. The standard InChI is InChI=1S/C19H17FN2O3S/c1-13(19(24)25-11-15-4-2-14(10-21)3-5-15)26-12-18(23)22-17-8-6-16(20)7-9-17/h2-9,13H,11-12H2,1H3,(H,22,23)/t13-/m0/s1. The van der Waals surface area contributed by atoms with Crippen LogP contribution < -0.4 is 5.32 Å². The zero-order valence-corrected chi connectivity index (χ0v) is 14.9. The lowest BCUT2D eigenvalue weighted by molar-refractivity contribution is -0.143. The van der Waals surface area contributed by atoms with Crippen LogP contribution >= 0.6 is 11.8 Å². The smallest absolute Gasteiger partial charge is 0.319 e. The van der Waals surface area contributed by atoms with E-state index in [0.29, 0.717) is 11.3 Å². The number of anilines is 1. The van der Waals surface area contributed by atoms with Gasteiger partial charge in [-0.2, -0.15) is 5.26 Å². The second-order valence-corrected chi connectivity index (χ2v) is 6.75. The molecule has 5 nitrogen and oxygen atoms in total. The van der Waals surface area contributed by atoms with Crippen LogP contribution in [0.2, 0.25) is 0 Å². The fourth-order valence-corrected chi connectivity index (χ4v) is 2.62. The van der Waals surface area contributed by atoms with E-state index in [-0.39, 0.29) is 24.1 Å². The highest BCUT2D eigenvalue weighted by Gasteiger charge is 2.17. The van der Waals surface area contributed by atoms with E-state index < -0.39 is 11.2 Å². The molecule has 0 aliphatic heterocycles. The monoisotopic (exact) mass is 372 g/mol. The highest BCUT2D eigenvalue weighted by molar-refractivity contribution is 8.01. The van der Waals surface area contributed by atoms with Crippen molar-refractivity contribution in [2.24, 2.45) is 0 Å². The van der Waals surface area contributed by atoms with Gasteiger partial charge in [0.05, 0.1) is 17.4 Å². The predicted molar refractivity (Wildman–Crippen MR) is 97.9 cm³/mol. The Morgan fingerprint density at radius 2 is 1.85 bits per heavy atom. The summed E-state index contributed by atoms with van der Waals surface area (Å²) in [7, 11) is 0. The summed E-state index contributed by atoms with van der Waals surface area (Å²) in [6.07, 6.45) is 0. The molecule has 26 heavy (non-hydrogen) atoms. The van der Waals surface area contributed by atoms with Crippen molar-refractivity contribution in [1.82, 2.24) is 0 Å². The first-order valence-corrected chi connectivity index (χ1v) is 8.85. The summed E-state index contributed by atoms with van der Waals surface area (Å²) >= 11 is 1.15. The van der Waals surface area contributed by atoms with E-state index >= 15 is 0 Å². The zero-order valence-electron chi connectivity index (χ0n) is 14.1. The van der Waals surface area contributed by atoms with E-state index in [0.717, 1.165) is 17.3 Å². The summed E-state index contributed by atoms with van der Waals surface area (Å²) in [5.74, 6) is -1.01. The summed E-state index contributed by atoms with van der Waals surface area (Å²) in [4.78, 5) is 23.8. The number of esters is 1. The van der Waals surface area contributed by atoms with Gasteiger partial charge in [-0.3, -0.25) is 9.59 Å². The first-order valence-electron chi connectivity index (χ1n) is 7.80. The van der Waals surface area contributed by atoms with Gasteiger partial charge < -0.3 is 10.1 Å². The van der Waals surface area contributed by atoms with Crippen LogP contribution in [0, 0.1) is 17.1 Å². The van der Waals surface area contributed by atoms with Crippen LogP contribution in [0.3, 0.4) is 0 Å². The number of thioether (sulfide) groups is 1. The molecule has 0 saturated heterocycles. The number of nitriles is 1. The van der Waals surface area contributed by atoms with Gasteiger partial charge in [-0.15, -0.1) is 11.8 Å². The Bertz CT molecular complexity index is 801. The minimum atomic E-state index is -0.507. The number of halogens is 1. The van der Waals surface area contributed by atoms with Gasteiger partial charge in [0.1, 0.15) is 17.7 Å². The van der Waals surface area contributed by atoms with Crippen LogP contribution in [0.1, 0.15) is 18.1 Å². The topological polar surface area (TPSA) is 79.2 Å². The van der Waals surface area contributed by atoms with Crippen LogP contribution in [0.4, 0.5) is 10.1 Å². The number of nitrogens with zero attached hydrogens (tertiary/aromatic N) is 1. The van der Waals surface area contributed by atoms with Crippen LogP contribution in [0.5, 0.6) is 0 Å². The van der Waals surface area contributed by atoms with Gasteiger partial charge in [-0.05, 0) is 48.9 Å². The third-order valence-corrected chi connectivity index (χ3v) is 4.51. The zero-order chi connectivity index (χ0) is 18.9. The highest BCUT2D eigenvalue weighted by atomic mass is 32.2. The Labute approximate surface area is 155 Å².